The van der Waals surface area contributed by atoms with Crippen molar-refractivity contribution in [2.45, 2.75) is 24.2 Å². The minimum absolute atomic E-state index is 0.0338. The first-order valence-corrected chi connectivity index (χ1v) is 12.3. The lowest BCUT2D eigenvalue weighted by Gasteiger charge is -2.27. The van der Waals surface area contributed by atoms with Gasteiger partial charge in [0, 0.05) is 57.1 Å². The number of hydrogen-bond donors (Lipinski definition) is 0. The number of methoxy groups -OCH3 is 1. The maximum atomic E-state index is 13.4. The molecule has 2 aliphatic heterocycles. The molecule has 0 aromatic heterocycles. The Kier molecular flexibility index (Phi) is 6.52. The van der Waals surface area contributed by atoms with Crippen LogP contribution in [0.3, 0.4) is 0 Å². The van der Waals surface area contributed by atoms with Crippen molar-refractivity contribution in [3.63, 3.8) is 0 Å². The number of ether oxygens (including phenoxy) is 1. The number of non-ortho nitro benzene ring substituents is 1. The average molecular weight is 461 g/mol. The molecule has 2 aliphatic rings. The summed E-state index contributed by atoms with van der Waals surface area (Å²) < 4.78 is 33.4. The summed E-state index contributed by atoms with van der Waals surface area (Å²) in [5, 5.41) is 11.4. The zero-order valence-electron chi connectivity index (χ0n) is 18.1. The van der Waals surface area contributed by atoms with E-state index in [9.17, 15) is 18.5 Å². The smallest absolute Gasteiger partial charge is 0.270 e. The number of nitro benzene ring substituents is 1. The van der Waals surface area contributed by atoms with Crippen LogP contribution >= 0.6 is 0 Å². The van der Waals surface area contributed by atoms with Gasteiger partial charge in [0.25, 0.3) is 5.69 Å². The normalized spacial score (nSPS) is 17.9. The number of hydrogen-bond acceptors (Lipinski definition) is 7. The largest absolute Gasteiger partial charge is 0.497 e. The van der Waals surface area contributed by atoms with E-state index < -0.39 is 14.9 Å². The zero-order chi connectivity index (χ0) is 22.7. The number of sulfonamides is 1. The lowest BCUT2D eigenvalue weighted by atomic mass is 10.2. The SMILES string of the molecule is COc1ccc(N2CCCN(c3ccc([N+](=O)[O-])cc3S(=O)(=O)N3CCCC3)CC2)cc1. The monoisotopic (exact) mass is 460 g/mol. The van der Waals surface area contributed by atoms with Crippen LogP contribution in [0.25, 0.3) is 0 Å². The molecule has 0 amide bonds. The van der Waals surface area contributed by atoms with E-state index in [4.69, 9.17) is 4.74 Å². The summed E-state index contributed by atoms with van der Waals surface area (Å²) in [6, 6.07) is 12.1. The van der Waals surface area contributed by atoms with Gasteiger partial charge in [0.2, 0.25) is 10.0 Å². The average Bonchev–Trinajstić information content (AvgIpc) is 3.25. The van der Waals surface area contributed by atoms with Gasteiger partial charge in [-0.25, -0.2) is 8.42 Å². The minimum Gasteiger partial charge on any atom is -0.497 e. The Hall–Kier alpha value is -2.85. The molecule has 0 aliphatic carbocycles. The molecule has 0 unspecified atom stereocenters. The summed E-state index contributed by atoms with van der Waals surface area (Å²) in [4.78, 5) is 15.2. The summed E-state index contributed by atoms with van der Waals surface area (Å²) >= 11 is 0. The van der Waals surface area contributed by atoms with Crippen molar-refractivity contribution >= 4 is 27.1 Å². The molecule has 0 saturated carbocycles. The molecule has 2 heterocycles. The van der Waals surface area contributed by atoms with Gasteiger partial charge in [-0.15, -0.1) is 0 Å². The lowest BCUT2D eigenvalue weighted by molar-refractivity contribution is -0.385. The van der Waals surface area contributed by atoms with Crippen LogP contribution in [0.4, 0.5) is 17.1 Å². The Labute approximate surface area is 188 Å². The summed E-state index contributed by atoms with van der Waals surface area (Å²) in [6.45, 7) is 3.75. The highest BCUT2D eigenvalue weighted by Crippen LogP contribution is 2.34. The molecule has 0 radical (unpaired) electrons. The van der Waals surface area contributed by atoms with Crippen LogP contribution in [0.1, 0.15) is 19.3 Å². The van der Waals surface area contributed by atoms with Gasteiger partial charge in [0.1, 0.15) is 10.6 Å². The molecule has 2 aromatic carbocycles. The fourth-order valence-corrected chi connectivity index (χ4v) is 6.11. The molecular weight excluding hydrogens is 432 g/mol. The molecular formula is C22H28N4O5S. The van der Waals surface area contributed by atoms with Crippen molar-refractivity contribution in [3.05, 3.63) is 52.6 Å². The molecule has 32 heavy (non-hydrogen) atoms. The van der Waals surface area contributed by atoms with E-state index in [1.807, 2.05) is 29.2 Å². The van der Waals surface area contributed by atoms with E-state index in [0.717, 1.165) is 37.2 Å². The minimum atomic E-state index is -3.80. The van der Waals surface area contributed by atoms with Gasteiger partial charge in [-0.05, 0) is 49.6 Å². The highest BCUT2D eigenvalue weighted by atomic mass is 32.2. The maximum absolute atomic E-state index is 13.4. The molecule has 0 bridgehead atoms. The Morgan fingerprint density at radius 1 is 0.875 bits per heavy atom. The van der Waals surface area contributed by atoms with E-state index in [1.165, 1.54) is 16.4 Å². The van der Waals surface area contributed by atoms with Crippen molar-refractivity contribution in [3.8, 4) is 5.75 Å². The molecule has 2 saturated heterocycles. The Morgan fingerprint density at radius 3 is 2.19 bits per heavy atom. The second-order valence-corrected chi connectivity index (χ2v) is 9.95. The van der Waals surface area contributed by atoms with Gasteiger partial charge >= 0.3 is 0 Å². The summed E-state index contributed by atoms with van der Waals surface area (Å²) in [5.41, 5.74) is 1.42. The third kappa shape index (κ3) is 4.51. The Bertz CT molecular complexity index is 1070. The van der Waals surface area contributed by atoms with Gasteiger partial charge in [0.15, 0.2) is 0 Å². The highest BCUT2D eigenvalue weighted by Gasteiger charge is 2.32. The van der Waals surface area contributed by atoms with Gasteiger partial charge in [-0.2, -0.15) is 4.31 Å². The topological polar surface area (TPSA) is 96.2 Å². The van der Waals surface area contributed by atoms with Gasteiger partial charge < -0.3 is 14.5 Å². The molecule has 2 fully saturated rings. The van der Waals surface area contributed by atoms with Crippen LogP contribution < -0.4 is 14.5 Å². The van der Waals surface area contributed by atoms with E-state index in [2.05, 4.69) is 4.90 Å². The first-order valence-electron chi connectivity index (χ1n) is 10.8. The van der Waals surface area contributed by atoms with Gasteiger partial charge in [-0.1, -0.05) is 0 Å². The van der Waals surface area contributed by atoms with Crippen molar-refractivity contribution < 1.29 is 18.1 Å². The first kappa shape index (κ1) is 22.3. The standard InChI is InChI=1S/C22H28N4O5S/c1-31-20-8-5-18(6-9-20)23-11-4-12-24(16-15-23)21-10-7-19(26(27)28)17-22(21)32(29,30)25-13-2-3-14-25/h5-10,17H,2-4,11-16H2,1H3. The molecule has 10 heteroatoms. The van der Waals surface area contributed by atoms with Crippen molar-refractivity contribution in [2.24, 2.45) is 0 Å². The van der Waals surface area contributed by atoms with Crippen molar-refractivity contribution in [1.82, 2.24) is 4.31 Å². The summed E-state index contributed by atoms with van der Waals surface area (Å²) in [5.74, 6) is 0.799. The number of anilines is 2. The van der Waals surface area contributed by atoms with Crippen LogP contribution in [0.5, 0.6) is 5.75 Å². The number of nitrogens with zero attached hydrogens (tertiary/aromatic N) is 4. The third-order valence-electron chi connectivity index (χ3n) is 6.11. The fraction of sp³-hybridized carbons (Fsp3) is 0.455. The predicted octanol–water partition coefficient (Wildman–Crippen LogP) is 3.10. The Balaban J connectivity index is 1.61. The molecule has 0 atom stereocenters. The van der Waals surface area contributed by atoms with Crippen LogP contribution in [0.2, 0.25) is 0 Å². The first-order chi connectivity index (χ1) is 15.4. The van der Waals surface area contributed by atoms with Crippen LogP contribution in [0, 0.1) is 10.1 Å². The Morgan fingerprint density at radius 2 is 1.53 bits per heavy atom. The number of nitro groups is 1. The summed E-state index contributed by atoms with van der Waals surface area (Å²) in [6.07, 6.45) is 2.46. The van der Waals surface area contributed by atoms with Crippen LogP contribution in [0.15, 0.2) is 47.4 Å². The van der Waals surface area contributed by atoms with E-state index in [0.29, 0.717) is 38.4 Å². The van der Waals surface area contributed by atoms with Crippen LogP contribution in [-0.4, -0.2) is 64.0 Å². The van der Waals surface area contributed by atoms with Gasteiger partial charge in [0.05, 0.1) is 17.7 Å². The van der Waals surface area contributed by atoms with Crippen molar-refractivity contribution in [2.75, 3.05) is 56.2 Å². The molecule has 0 N–H and O–H groups in total. The molecule has 0 spiro atoms. The number of benzene rings is 2. The predicted molar refractivity (Wildman–Crippen MR) is 123 cm³/mol. The van der Waals surface area contributed by atoms with E-state index >= 15 is 0 Å². The van der Waals surface area contributed by atoms with Gasteiger partial charge in [-0.3, -0.25) is 10.1 Å². The fourth-order valence-electron chi connectivity index (χ4n) is 4.36. The molecule has 4 rings (SSSR count). The van der Waals surface area contributed by atoms with Crippen molar-refractivity contribution in [1.29, 1.82) is 0 Å². The maximum Gasteiger partial charge on any atom is 0.270 e. The molecule has 9 nitrogen and oxygen atoms in total. The molecule has 172 valence electrons. The van der Waals surface area contributed by atoms with Crippen LogP contribution in [-0.2, 0) is 10.0 Å². The second-order valence-electron chi connectivity index (χ2n) is 8.05. The quantitative estimate of drug-likeness (QED) is 0.483. The van der Waals surface area contributed by atoms with E-state index in [-0.39, 0.29) is 10.6 Å². The highest BCUT2D eigenvalue weighted by molar-refractivity contribution is 7.89. The lowest BCUT2D eigenvalue weighted by Crippen LogP contribution is -2.33. The summed E-state index contributed by atoms with van der Waals surface area (Å²) in [7, 11) is -2.16. The zero-order valence-corrected chi connectivity index (χ0v) is 19.0. The third-order valence-corrected chi connectivity index (χ3v) is 8.04. The number of rotatable bonds is 6. The molecule has 2 aromatic rings. The van der Waals surface area contributed by atoms with E-state index in [1.54, 1.807) is 13.2 Å². The second kappa shape index (κ2) is 9.33.